The first-order chi connectivity index (χ1) is 7.92. The molecule has 0 radical (unpaired) electrons. The molecule has 0 amide bonds. The number of fused-ring (bicyclic) bond motifs is 1. The molecule has 3 rings (SSSR count). The summed E-state index contributed by atoms with van der Waals surface area (Å²) in [6.45, 7) is 1.11. The normalized spacial score (nSPS) is 21.4. The van der Waals surface area contributed by atoms with Gasteiger partial charge < -0.3 is 9.73 Å². The van der Waals surface area contributed by atoms with Crippen molar-refractivity contribution in [1.29, 1.82) is 0 Å². The first-order valence-electron chi connectivity index (χ1n) is 5.85. The van der Waals surface area contributed by atoms with Crippen LogP contribution in [-0.2, 0) is 6.42 Å². The second-order valence-electron chi connectivity index (χ2n) is 4.29. The molecule has 0 saturated carbocycles. The Morgan fingerprint density at radius 2 is 2.44 bits per heavy atom. The molecule has 4 nitrogen and oxygen atoms in total. The third-order valence-electron chi connectivity index (χ3n) is 3.04. The number of nitrogens with one attached hydrogen (secondary N) is 1. The lowest BCUT2D eigenvalue weighted by atomic mass is 10.0. The highest BCUT2D eigenvalue weighted by Crippen LogP contribution is 2.16. The summed E-state index contributed by atoms with van der Waals surface area (Å²) in [5.74, 6) is 0.799. The molecule has 2 aromatic heterocycles. The highest BCUT2D eigenvalue weighted by Gasteiger charge is 2.16. The van der Waals surface area contributed by atoms with Crippen LogP contribution in [0.1, 0.15) is 25.2 Å². The van der Waals surface area contributed by atoms with Crippen molar-refractivity contribution < 1.29 is 4.42 Å². The van der Waals surface area contributed by atoms with Crippen LogP contribution >= 0.6 is 0 Å². The topological polar surface area (TPSA) is 51.0 Å². The fourth-order valence-electron chi connectivity index (χ4n) is 2.21. The zero-order valence-electron chi connectivity index (χ0n) is 9.15. The van der Waals surface area contributed by atoms with Gasteiger partial charge in [0.25, 0.3) is 0 Å². The van der Waals surface area contributed by atoms with Crippen LogP contribution < -0.4 is 5.32 Å². The van der Waals surface area contributed by atoms with E-state index in [1.807, 2.05) is 12.1 Å². The van der Waals surface area contributed by atoms with Gasteiger partial charge in [0.15, 0.2) is 5.89 Å². The minimum absolute atomic E-state index is 0.516. The second kappa shape index (κ2) is 4.22. The van der Waals surface area contributed by atoms with Crippen molar-refractivity contribution in [2.45, 2.75) is 31.7 Å². The number of hydrogen-bond donors (Lipinski definition) is 1. The lowest BCUT2D eigenvalue weighted by Crippen LogP contribution is -2.35. The van der Waals surface area contributed by atoms with Gasteiger partial charge >= 0.3 is 0 Å². The van der Waals surface area contributed by atoms with Gasteiger partial charge in [-0.2, -0.15) is 0 Å². The van der Waals surface area contributed by atoms with Crippen molar-refractivity contribution in [1.82, 2.24) is 15.3 Å². The molecule has 1 aliphatic heterocycles. The molecule has 0 spiro atoms. The fraction of sp³-hybridized carbons (Fsp3) is 0.500. The first kappa shape index (κ1) is 9.78. The molecule has 4 heteroatoms. The molecular formula is C12H15N3O. The molecule has 3 heterocycles. The smallest absolute Gasteiger partial charge is 0.246 e. The van der Waals surface area contributed by atoms with Gasteiger partial charge in [0.1, 0.15) is 5.52 Å². The molecule has 84 valence electrons. The zero-order valence-corrected chi connectivity index (χ0v) is 9.15. The van der Waals surface area contributed by atoms with Crippen LogP contribution in [0.2, 0.25) is 0 Å². The molecule has 16 heavy (non-hydrogen) atoms. The van der Waals surface area contributed by atoms with Crippen molar-refractivity contribution in [2.24, 2.45) is 0 Å². The van der Waals surface area contributed by atoms with Gasteiger partial charge in [-0.1, -0.05) is 6.42 Å². The van der Waals surface area contributed by atoms with Crippen LogP contribution in [0, 0.1) is 0 Å². The number of hydrogen-bond acceptors (Lipinski definition) is 4. The quantitative estimate of drug-likeness (QED) is 0.834. The van der Waals surface area contributed by atoms with E-state index in [-0.39, 0.29) is 0 Å². The maximum Gasteiger partial charge on any atom is 0.246 e. The monoisotopic (exact) mass is 217 g/mol. The van der Waals surface area contributed by atoms with E-state index >= 15 is 0 Å². The molecule has 1 saturated heterocycles. The van der Waals surface area contributed by atoms with E-state index in [4.69, 9.17) is 4.42 Å². The number of rotatable bonds is 2. The van der Waals surface area contributed by atoms with E-state index in [0.29, 0.717) is 11.8 Å². The fourth-order valence-corrected chi connectivity index (χ4v) is 2.21. The number of oxazole rings is 1. The number of nitrogens with zero attached hydrogens (tertiary/aromatic N) is 2. The van der Waals surface area contributed by atoms with Crippen LogP contribution in [0.15, 0.2) is 22.7 Å². The summed E-state index contributed by atoms with van der Waals surface area (Å²) in [6.07, 6.45) is 6.40. The summed E-state index contributed by atoms with van der Waals surface area (Å²) in [6, 6.07) is 4.33. The Morgan fingerprint density at radius 1 is 1.44 bits per heavy atom. The van der Waals surface area contributed by atoms with E-state index < -0.39 is 0 Å². The van der Waals surface area contributed by atoms with Crippen LogP contribution in [0.5, 0.6) is 0 Å². The van der Waals surface area contributed by atoms with Crippen molar-refractivity contribution >= 4 is 11.2 Å². The third kappa shape index (κ3) is 1.93. The molecule has 1 aliphatic rings. The van der Waals surface area contributed by atoms with Crippen molar-refractivity contribution in [3.8, 4) is 0 Å². The predicted molar refractivity (Wildman–Crippen MR) is 61.1 cm³/mol. The number of aromatic nitrogens is 2. The summed E-state index contributed by atoms with van der Waals surface area (Å²) in [5, 5.41) is 3.49. The Morgan fingerprint density at radius 3 is 3.25 bits per heavy atom. The average Bonchev–Trinajstić information content (AvgIpc) is 2.72. The largest absolute Gasteiger partial charge is 0.422 e. The van der Waals surface area contributed by atoms with Crippen molar-refractivity contribution in [3.63, 3.8) is 0 Å². The minimum Gasteiger partial charge on any atom is -0.422 e. The van der Waals surface area contributed by atoms with Gasteiger partial charge in [-0.3, -0.25) is 0 Å². The number of pyridine rings is 1. The van der Waals surface area contributed by atoms with Gasteiger partial charge in [0.05, 0.1) is 0 Å². The maximum atomic E-state index is 5.61. The molecule has 1 atom stereocenters. The Balaban J connectivity index is 1.78. The van der Waals surface area contributed by atoms with Crippen molar-refractivity contribution in [2.75, 3.05) is 6.54 Å². The highest BCUT2D eigenvalue weighted by molar-refractivity contribution is 5.67. The van der Waals surface area contributed by atoms with E-state index in [0.717, 1.165) is 24.4 Å². The van der Waals surface area contributed by atoms with Gasteiger partial charge in [0, 0.05) is 18.7 Å². The summed E-state index contributed by atoms with van der Waals surface area (Å²) in [7, 11) is 0. The third-order valence-corrected chi connectivity index (χ3v) is 3.04. The van der Waals surface area contributed by atoms with Crippen molar-refractivity contribution in [3.05, 3.63) is 24.2 Å². The Labute approximate surface area is 94.1 Å². The van der Waals surface area contributed by atoms with E-state index in [1.165, 1.54) is 19.3 Å². The molecule has 1 fully saturated rings. The number of piperidine rings is 1. The van der Waals surface area contributed by atoms with Crippen LogP contribution in [0.25, 0.3) is 11.2 Å². The summed E-state index contributed by atoms with van der Waals surface area (Å²) in [4.78, 5) is 8.58. The summed E-state index contributed by atoms with van der Waals surface area (Å²) in [5.41, 5.74) is 1.50. The van der Waals surface area contributed by atoms with Crippen LogP contribution in [0.3, 0.4) is 0 Å². The standard InChI is InChI=1S/C12H15N3O/c1-2-6-13-9(4-1)8-11-15-10-5-3-7-14-12(10)16-11/h3,5,7,9,13H,1-2,4,6,8H2. The molecule has 0 bridgehead atoms. The molecule has 0 aliphatic carbocycles. The van der Waals surface area contributed by atoms with Gasteiger partial charge in [0.2, 0.25) is 5.71 Å². The Kier molecular flexibility index (Phi) is 2.58. The lowest BCUT2D eigenvalue weighted by molar-refractivity contribution is 0.371. The SMILES string of the molecule is c1cnc2oc(CC3CCCCN3)nc2c1. The molecular weight excluding hydrogens is 202 g/mol. The van der Waals surface area contributed by atoms with E-state index in [9.17, 15) is 0 Å². The summed E-state index contributed by atoms with van der Waals surface area (Å²) >= 11 is 0. The molecule has 1 unspecified atom stereocenters. The van der Waals surface area contributed by atoms with Gasteiger partial charge in [-0.25, -0.2) is 9.97 Å². The molecule has 0 aromatic carbocycles. The Bertz CT molecular complexity index is 441. The zero-order chi connectivity index (χ0) is 10.8. The van der Waals surface area contributed by atoms with Gasteiger partial charge in [-0.05, 0) is 31.5 Å². The lowest BCUT2D eigenvalue weighted by Gasteiger charge is -2.21. The predicted octanol–water partition coefficient (Wildman–Crippen LogP) is 1.91. The molecule has 2 aromatic rings. The van der Waals surface area contributed by atoms with Crippen LogP contribution in [-0.4, -0.2) is 22.6 Å². The second-order valence-corrected chi connectivity index (χ2v) is 4.29. The van der Waals surface area contributed by atoms with E-state index in [2.05, 4.69) is 15.3 Å². The van der Waals surface area contributed by atoms with Crippen LogP contribution in [0.4, 0.5) is 0 Å². The minimum atomic E-state index is 0.516. The summed E-state index contributed by atoms with van der Waals surface area (Å²) < 4.78 is 5.61. The average molecular weight is 217 g/mol. The van der Waals surface area contributed by atoms with E-state index in [1.54, 1.807) is 6.20 Å². The first-order valence-corrected chi connectivity index (χ1v) is 5.85. The van der Waals surface area contributed by atoms with Gasteiger partial charge in [-0.15, -0.1) is 0 Å². The highest BCUT2D eigenvalue weighted by atomic mass is 16.4. The molecule has 1 N–H and O–H groups in total. The maximum absolute atomic E-state index is 5.61. The Hall–Kier alpha value is -1.42.